The molecule has 6 heteroatoms. The van der Waals surface area contributed by atoms with Crippen molar-refractivity contribution < 1.29 is 4.79 Å². The molecule has 0 saturated heterocycles. The van der Waals surface area contributed by atoms with Crippen molar-refractivity contribution in [2.45, 2.75) is 13.8 Å². The summed E-state index contributed by atoms with van der Waals surface area (Å²) in [6.45, 7) is 4.64. The molecule has 110 valence electrons. The van der Waals surface area contributed by atoms with Gasteiger partial charge >= 0.3 is 0 Å². The van der Waals surface area contributed by atoms with E-state index in [0.29, 0.717) is 22.1 Å². The number of anilines is 2. The smallest absolute Gasteiger partial charge is 0.257 e. The van der Waals surface area contributed by atoms with Crippen LogP contribution in [0.4, 0.5) is 11.5 Å². The molecule has 0 unspecified atom stereocenters. The van der Waals surface area contributed by atoms with Crippen LogP contribution in [0.2, 0.25) is 5.02 Å². The minimum Gasteiger partial charge on any atom is -0.370 e. The molecule has 2 aromatic rings. The fourth-order valence-corrected chi connectivity index (χ4v) is 2.35. The predicted octanol–water partition coefficient (Wildman–Crippen LogP) is 4.49. The van der Waals surface area contributed by atoms with Crippen molar-refractivity contribution in [2.75, 3.05) is 17.2 Å². The summed E-state index contributed by atoms with van der Waals surface area (Å²) in [6.07, 6.45) is 1.47. The van der Waals surface area contributed by atoms with Gasteiger partial charge in [-0.15, -0.1) is 0 Å². The number of benzene rings is 1. The standard InChI is InChI=1S/C15H15BrClN3O/c1-3-18-14-7-10(12(17)8-19-14)15(21)20-13-6-9(2)4-5-11(13)16/h4-8H,3H2,1-2H3,(H,18,19)(H,20,21). The summed E-state index contributed by atoms with van der Waals surface area (Å²) in [5, 5.41) is 6.22. The monoisotopic (exact) mass is 367 g/mol. The number of rotatable bonds is 4. The zero-order valence-corrected chi connectivity index (χ0v) is 14.0. The maximum Gasteiger partial charge on any atom is 0.257 e. The fourth-order valence-electron chi connectivity index (χ4n) is 1.82. The van der Waals surface area contributed by atoms with E-state index in [1.54, 1.807) is 6.07 Å². The van der Waals surface area contributed by atoms with Gasteiger partial charge in [0.25, 0.3) is 5.91 Å². The van der Waals surface area contributed by atoms with Crippen molar-refractivity contribution in [3.05, 3.63) is 51.1 Å². The molecule has 2 rings (SSSR count). The van der Waals surface area contributed by atoms with E-state index < -0.39 is 0 Å². The summed E-state index contributed by atoms with van der Waals surface area (Å²) in [5.74, 6) is 0.350. The van der Waals surface area contributed by atoms with E-state index in [-0.39, 0.29) is 5.91 Å². The molecule has 21 heavy (non-hydrogen) atoms. The molecule has 4 nitrogen and oxygen atoms in total. The third-order valence-electron chi connectivity index (χ3n) is 2.83. The summed E-state index contributed by atoms with van der Waals surface area (Å²) in [6, 6.07) is 7.39. The molecular weight excluding hydrogens is 354 g/mol. The lowest BCUT2D eigenvalue weighted by Crippen LogP contribution is -2.14. The Balaban J connectivity index is 2.27. The summed E-state index contributed by atoms with van der Waals surface area (Å²) >= 11 is 9.48. The zero-order valence-electron chi connectivity index (χ0n) is 11.7. The number of aromatic nitrogens is 1. The summed E-state index contributed by atoms with van der Waals surface area (Å²) < 4.78 is 0.818. The van der Waals surface area contributed by atoms with Crippen LogP contribution in [0.15, 0.2) is 34.9 Å². The third-order valence-corrected chi connectivity index (χ3v) is 3.82. The van der Waals surface area contributed by atoms with Gasteiger partial charge in [-0.1, -0.05) is 17.7 Å². The Bertz CT molecular complexity index is 676. The first-order valence-electron chi connectivity index (χ1n) is 6.48. The van der Waals surface area contributed by atoms with Crippen LogP contribution in [0.3, 0.4) is 0 Å². The third kappa shape index (κ3) is 3.95. The highest BCUT2D eigenvalue weighted by Gasteiger charge is 2.13. The van der Waals surface area contributed by atoms with Crippen LogP contribution in [0.25, 0.3) is 0 Å². The fraction of sp³-hybridized carbons (Fsp3) is 0.200. The molecule has 0 spiro atoms. The number of nitrogens with one attached hydrogen (secondary N) is 2. The van der Waals surface area contributed by atoms with Crippen LogP contribution in [-0.4, -0.2) is 17.4 Å². The van der Waals surface area contributed by atoms with Crippen molar-refractivity contribution in [2.24, 2.45) is 0 Å². The molecule has 0 aliphatic carbocycles. The van der Waals surface area contributed by atoms with Gasteiger partial charge in [0, 0.05) is 17.2 Å². The van der Waals surface area contributed by atoms with Crippen molar-refractivity contribution >= 4 is 44.9 Å². The zero-order chi connectivity index (χ0) is 15.4. The van der Waals surface area contributed by atoms with Gasteiger partial charge in [0.05, 0.1) is 16.3 Å². The van der Waals surface area contributed by atoms with Gasteiger partial charge < -0.3 is 10.6 Å². The molecule has 1 amide bonds. The van der Waals surface area contributed by atoms with Crippen molar-refractivity contribution in [3.63, 3.8) is 0 Å². The number of hydrogen-bond acceptors (Lipinski definition) is 3. The highest BCUT2D eigenvalue weighted by Crippen LogP contribution is 2.25. The molecule has 0 fully saturated rings. The number of amides is 1. The maximum atomic E-state index is 12.4. The Morgan fingerprint density at radius 3 is 2.86 bits per heavy atom. The molecule has 2 N–H and O–H groups in total. The lowest BCUT2D eigenvalue weighted by Gasteiger charge is -2.10. The van der Waals surface area contributed by atoms with Crippen LogP contribution in [0, 0.1) is 6.92 Å². The molecular formula is C15H15BrClN3O. The highest BCUT2D eigenvalue weighted by atomic mass is 79.9. The molecule has 0 aliphatic rings. The molecule has 1 aromatic carbocycles. The van der Waals surface area contributed by atoms with E-state index in [1.165, 1.54) is 6.20 Å². The number of hydrogen-bond donors (Lipinski definition) is 2. The van der Waals surface area contributed by atoms with E-state index in [0.717, 1.165) is 16.6 Å². The summed E-state index contributed by atoms with van der Waals surface area (Å²) in [5.41, 5.74) is 2.15. The lowest BCUT2D eigenvalue weighted by atomic mass is 10.2. The quantitative estimate of drug-likeness (QED) is 0.836. The largest absolute Gasteiger partial charge is 0.370 e. The lowest BCUT2D eigenvalue weighted by molar-refractivity contribution is 0.102. The molecule has 0 atom stereocenters. The number of nitrogens with zero attached hydrogens (tertiary/aromatic N) is 1. The van der Waals surface area contributed by atoms with Crippen molar-refractivity contribution in [3.8, 4) is 0 Å². The Hall–Kier alpha value is -1.59. The normalized spacial score (nSPS) is 10.3. The van der Waals surface area contributed by atoms with Crippen LogP contribution in [0.1, 0.15) is 22.8 Å². The van der Waals surface area contributed by atoms with Gasteiger partial charge in [-0.05, 0) is 53.5 Å². The Morgan fingerprint density at radius 2 is 2.14 bits per heavy atom. The molecule has 0 aliphatic heterocycles. The van der Waals surface area contributed by atoms with E-state index in [1.807, 2.05) is 32.0 Å². The summed E-state index contributed by atoms with van der Waals surface area (Å²) in [7, 11) is 0. The molecule has 1 heterocycles. The van der Waals surface area contributed by atoms with E-state index >= 15 is 0 Å². The second kappa shape index (κ2) is 6.91. The molecule has 0 saturated carbocycles. The highest BCUT2D eigenvalue weighted by molar-refractivity contribution is 9.10. The second-order valence-corrected chi connectivity index (χ2v) is 5.78. The van der Waals surface area contributed by atoms with Crippen LogP contribution >= 0.6 is 27.5 Å². The van der Waals surface area contributed by atoms with Crippen LogP contribution in [-0.2, 0) is 0 Å². The Morgan fingerprint density at radius 1 is 1.38 bits per heavy atom. The van der Waals surface area contributed by atoms with Gasteiger partial charge in [-0.25, -0.2) is 4.98 Å². The first-order chi connectivity index (χ1) is 10.0. The molecule has 0 radical (unpaired) electrons. The SMILES string of the molecule is CCNc1cc(C(=O)Nc2cc(C)ccc2Br)c(Cl)cn1. The predicted molar refractivity (Wildman–Crippen MR) is 90.2 cm³/mol. The first kappa shape index (κ1) is 15.8. The van der Waals surface area contributed by atoms with Crippen LogP contribution in [0.5, 0.6) is 0 Å². The number of aryl methyl sites for hydroxylation is 1. The minimum absolute atomic E-state index is 0.271. The molecule has 0 bridgehead atoms. The topological polar surface area (TPSA) is 54.0 Å². The number of pyridine rings is 1. The first-order valence-corrected chi connectivity index (χ1v) is 7.65. The summed E-state index contributed by atoms with van der Waals surface area (Å²) in [4.78, 5) is 16.5. The van der Waals surface area contributed by atoms with Gasteiger partial charge in [-0.3, -0.25) is 4.79 Å². The number of carbonyl (C=O) groups is 1. The van der Waals surface area contributed by atoms with Crippen molar-refractivity contribution in [1.29, 1.82) is 0 Å². The van der Waals surface area contributed by atoms with Gasteiger partial charge in [0.15, 0.2) is 0 Å². The second-order valence-electron chi connectivity index (χ2n) is 4.52. The van der Waals surface area contributed by atoms with E-state index in [9.17, 15) is 4.79 Å². The average Bonchev–Trinajstić information content (AvgIpc) is 2.45. The van der Waals surface area contributed by atoms with E-state index in [4.69, 9.17) is 11.6 Å². The van der Waals surface area contributed by atoms with Gasteiger partial charge in [-0.2, -0.15) is 0 Å². The maximum absolute atomic E-state index is 12.4. The minimum atomic E-state index is -0.271. The Kier molecular flexibility index (Phi) is 5.20. The van der Waals surface area contributed by atoms with Gasteiger partial charge in [0.1, 0.15) is 5.82 Å². The van der Waals surface area contributed by atoms with Crippen LogP contribution < -0.4 is 10.6 Å². The van der Waals surface area contributed by atoms with Gasteiger partial charge in [0.2, 0.25) is 0 Å². The van der Waals surface area contributed by atoms with E-state index in [2.05, 4.69) is 31.5 Å². The van der Waals surface area contributed by atoms with Crippen molar-refractivity contribution in [1.82, 2.24) is 4.98 Å². The number of carbonyl (C=O) groups excluding carboxylic acids is 1. The number of halogens is 2. The molecule has 1 aromatic heterocycles. The Labute approximate surface area is 137 Å². The average molecular weight is 369 g/mol.